The first-order valence-electron chi connectivity index (χ1n) is 12.8. The normalized spacial score (nSPS) is 12.1. The zero-order valence-corrected chi connectivity index (χ0v) is 24.1. The van der Waals surface area contributed by atoms with Crippen LogP contribution in [0.3, 0.4) is 0 Å². The molecule has 0 aliphatic heterocycles. The van der Waals surface area contributed by atoms with E-state index in [1.54, 1.807) is 12.1 Å². The molecule has 0 spiro atoms. The van der Waals surface area contributed by atoms with Crippen LogP contribution in [0.25, 0.3) is 16.7 Å². The molecule has 0 bridgehead atoms. The van der Waals surface area contributed by atoms with Crippen LogP contribution in [0.4, 0.5) is 5.69 Å². The molecule has 0 amide bonds. The van der Waals surface area contributed by atoms with Crippen molar-refractivity contribution in [1.82, 2.24) is 24.9 Å². The molecule has 12 heteroatoms. The van der Waals surface area contributed by atoms with Gasteiger partial charge >= 0.3 is 12.0 Å². The summed E-state index contributed by atoms with van der Waals surface area (Å²) in [7, 11) is 2.91. The minimum absolute atomic E-state index is 0.109. The van der Waals surface area contributed by atoms with Crippen LogP contribution in [0.1, 0.15) is 64.4 Å². The van der Waals surface area contributed by atoms with E-state index in [0.29, 0.717) is 27.6 Å². The lowest BCUT2D eigenvalue weighted by Crippen LogP contribution is -2.18. The first-order chi connectivity index (χ1) is 19.6. The van der Waals surface area contributed by atoms with E-state index in [4.69, 9.17) is 25.6 Å². The molecular weight excluding hydrogens is 548 g/mol. The highest BCUT2D eigenvalue weighted by atomic mass is 35.5. The number of methoxy groups -OCH3 is 2. The number of aromatic carboxylic acids is 1. The number of carbonyl (C=O) groups is 1. The SMILES string of the molecule is COc1ncc(-n2nc(C(=O)O)c(C(Nc3cc(C)c4onc(C)c4c3)c3ccc(Cl)cc3)c2C(C)C)c(OC)n1. The third-order valence-corrected chi connectivity index (χ3v) is 7.02. The number of carboxylic acids is 1. The van der Waals surface area contributed by atoms with Gasteiger partial charge in [0.25, 0.3) is 0 Å². The Hall–Kier alpha value is -4.64. The summed E-state index contributed by atoms with van der Waals surface area (Å²) in [5.74, 6) is -1.17. The highest BCUT2D eigenvalue weighted by molar-refractivity contribution is 6.30. The number of nitrogens with zero attached hydrogens (tertiary/aromatic N) is 5. The van der Waals surface area contributed by atoms with Crippen LogP contribution in [0.15, 0.2) is 47.1 Å². The van der Waals surface area contributed by atoms with E-state index in [2.05, 4.69) is 25.5 Å². The predicted molar refractivity (Wildman–Crippen MR) is 154 cm³/mol. The van der Waals surface area contributed by atoms with Crippen LogP contribution in [-0.4, -0.2) is 50.2 Å². The molecule has 0 radical (unpaired) electrons. The maximum absolute atomic E-state index is 12.7. The molecule has 2 N–H and O–H groups in total. The van der Waals surface area contributed by atoms with E-state index < -0.39 is 12.0 Å². The number of carboxylic acid groups (broad SMARTS) is 1. The monoisotopic (exact) mass is 576 g/mol. The standard InChI is InChI=1S/C29H29ClN6O5/c1-14(2)25-22(24(28(37)38)34-36(25)21-13-31-29(40-6)33-27(21)39-5)23(17-7-9-18(30)10-8-17)32-19-11-15(3)26-20(12-19)16(4)35-41-26/h7-14,23,32H,1-6H3,(H,37,38). The maximum Gasteiger partial charge on any atom is 0.356 e. The third-order valence-electron chi connectivity index (χ3n) is 6.77. The van der Waals surface area contributed by atoms with Crippen molar-refractivity contribution in [2.45, 2.75) is 39.7 Å². The molecule has 0 aliphatic rings. The lowest BCUT2D eigenvalue weighted by molar-refractivity contribution is 0.0688. The molecule has 3 heterocycles. The Morgan fingerprint density at radius 2 is 1.85 bits per heavy atom. The summed E-state index contributed by atoms with van der Waals surface area (Å²) in [4.78, 5) is 21.3. The summed E-state index contributed by atoms with van der Waals surface area (Å²) in [6.07, 6.45) is 1.50. The van der Waals surface area contributed by atoms with Crippen LogP contribution in [0.5, 0.6) is 11.9 Å². The molecule has 0 fully saturated rings. The second-order valence-electron chi connectivity index (χ2n) is 9.84. The number of ether oxygens (including phenoxy) is 2. The summed E-state index contributed by atoms with van der Waals surface area (Å²) in [6.45, 7) is 7.75. The molecule has 0 saturated carbocycles. The van der Waals surface area contributed by atoms with Gasteiger partial charge in [-0.2, -0.15) is 10.1 Å². The van der Waals surface area contributed by atoms with Crippen molar-refractivity contribution in [3.63, 3.8) is 0 Å². The molecular formula is C29H29ClN6O5. The summed E-state index contributed by atoms with van der Waals surface area (Å²) in [6, 6.07) is 10.6. The summed E-state index contributed by atoms with van der Waals surface area (Å²) in [5, 5.41) is 24.1. The van der Waals surface area contributed by atoms with E-state index in [1.807, 2.05) is 52.0 Å². The van der Waals surface area contributed by atoms with Crippen LogP contribution in [0.2, 0.25) is 5.02 Å². The van der Waals surface area contributed by atoms with Crippen LogP contribution in [0, 0.1) is 13.8 Å². The fourth-order valence-corrected chi connectivity index (χ4v) is 5.04. The summed E-state index contributed by atoms with van der Waals surface area (Å²) >= 11 is 6.23. The molecule has 3 aromatic heterocycles. The van der Waals surface area contributed by atoms with Gasteiger partial charge in [-0.05, 0) is 55.2 Å². The van der Waals surface area contributed by atoms with Crippen molar-refractivity contribution in [3.05, 3.63) is 81.4 Å². The van der Waals surface area contributed by atoms with E-state index in [0.717, 1.165) is 27.9 Å². The zero-order chi connectivity index (χ0) is 29.4. The molecule has 212 valence electrons. The van der Waals surface area contributed by atoms with Crippen molar-refractivity contribution in [2.75, 3.05) is 19.5 Å². The fraction of sp³-hybridized carbons (Fsp3) is 0.276. The fourth-order valence-electron chi connectivity index (χ4n) is 4.92. The third kappa shape index (κ3) is 5.16. The Balaban J connectivity index is 1.77. The Labute approximate surface area is 241 Å². The van der Waals surface area contributed by atoms with Crippen molar-refractivity contribution in [2.24, 2.45) is 0 Å². The van der Waals surface area contributed by atoms with Gasteiger partial charge in [-0.3, -0.25) is 0 Å². The zero-order valence-electron chi connectivity index (χ0n) is 23.4. The summed E-state index contributed by atoms with van der Waals surface area (Å²) < 4.78 is 17.7. The molecule has 11 nitrogen and oxygen atoms in total. The van der Waals surface area contributed by atoms with Crippen LogP contribution in [-0.2, 0) is 0 Å². The number of nitrogens with one attached hydrogen (secondary N) is 1. The predicted octanol–water partition coefficient (Wildman–Crippen LogP) is 6.11. The number of rotatable bonds is 9. The molecule has 5 aromatic rings. The highest BCUT2D eigenvalue weighted by Gasteiger charge is 2.33. The van der Waals surface area contributed by atoms with E-state index in [9.17, 15) is 9.90 Å². The van der Waals surface area contributed by atoms with Gasteiger partial charge in [0.2, 0.25) is 5.88 Å². The molecule has 5 rings (SSSR count). The lowest BCUT2D eigenvalue weighted by Gasteiger charge is -2.24. The Bertz CT molecular complexity index is 1750. The molecule has 0 saturated heterocycles. The molecule has 0 aliphatic carbocycles. The quantitative estimate of drug-likeness (QED) is 0.211. The smallest absolute Gasteiger partial charge is 0.356 e. The number of anilines is 1. The van der Waals surface area contributed by atoms with Crippen LogP contribution < -0.4 is 14.8 Å². The average molecular weight is 577 g/mol. The van der Waals surface area contributed by atoms with Gasteiger partial charge in [-0.1, -0.05) is 42.7 Å². The topological polar surface area (TPSA) is 137 Å². The summed E-state index contributed by atoms with van der Waals surface area (Å²) in [5.41, 5.74) is 5.25. The second-order valence-corrected chi connectivity index (χ2v) is 10.3. The van der Waals surface area contributed by atoms with Crippen molar-refractivity contribution in [3.8, 4) is 17.6 Å². The van der Waals surface area contributed by atoms with Gasteiger partial charge in [0.15, 0.2) is 11.3 Å². The van der Waals surface area contributed by atoms with Gasteiger partial charge in [0.1, 0.15) is 5.69 Å². The highest BCUT2D eigenvalue weighted by Crippen LogP contribution is 2.39. The Morgan fingerprint density at radius 3 is 2.49 bits per heavy atom. The number of hydrogen-bond acceptors (Lipinski definition) is 9. The number of fused-ring (bicyclic) bond motifs is 1. The van der Waals surface area contributed by atoms with Gasteiger partial charge in [-0.25, -0.2) is 14.5 Å². The van der Waals surface area contributed by atoms with Gasteiger partial charge < -0.3 is 24.4 Å². The number of aryl methyl sites for hydroxylation is 2. The molecule has 1 atom stereocenters. The van der Waals surface area contributed by atoms with Crippen molar-refractivity contribution < 1.29 is 23.9 Å². The molecule has 2 aromatic carbocycles. The van der Waals surface area contributed by atoms with E-state index in [-0.39, 0.29) is 23.5 Å². The van der Waals surface area contributed by atoms with Gasteiger partial charge in [0.05, 0.1) is 37.8 Å². The lowest BCUT2D eigenvalue weighted by atomic mass is 9.92. The second kappa shape index (κ2) is 11.1. The Kier molecular flexibility index (Phi) is 7.55. The van der Waals surface area contributed by atoms with E-state index >= 15 is 0 Å². The average Bonchev–Trinajstić information content (AvgIpc) is 3.53. The van der Waals surface area contributed by atoms with Crippen molar-refractivity contribution in [1.29, 1.82) is 0 Å². The number of aromatic nitrogens is 5. The van der Waals surface area contributed by atoms with Gasteiger partial charge in [0, 0.05) is 21.7 Å². The Morgan fingerprint density at radius 1 is 1.12 bits per heavy atom. The van der Waals surface area contributed by atoms with Crippen molar-refractivity contribution >= 4 is 34.2 Å². The number of benzene rings is 2. The minimum atomic E-state index is -1.18. The number of halogens is 1. The minimum Gasteiger partial charge on any atom is -0.479 e. The largest absolute Gasteiger partial charge is 0.479 e. The molecule has 1 unspecified atom stereocenters. The van der Waals surface area contributed by atoms with Crippen LogP contribution >= 0.6 is 11.6 Å². The first-order valence-corrected chi connectivity index (χ1v) is 13.2. The maximum atomic E-state index is 12.7. The van der Waals surface area contributed by atoms with E-state index in [1.165, 1.54) is 25.1 Å². The van der Waals surface area contributed by atoms with Gasteiger partial charge in [-0.15, -0.1) is 0 Å². The number of hydrogen-bond donors (Lipinski definition) is 2. The molecule has 41 heavy (non-hydrogen) atoms. The first kappa shape index (κ1) is 27.9.